The van der Waals surface area contributed by atoms with Gasteiger partial charge in [0.25, 0.3) is 0 Å². The van der Waals surface area contributed by atoms with Crippen LogP contribution in [0.2, 0.25) is 0 Å². The number of anilines is 1. The zero-order valence-corrected chi connectivity index (χ0v) is 8.53. The van der Waals surface area contributed by atoms with Crippen LogP contribution in [0, 0.1) is 12.3 Å². The van der Waals surface area contributed by atoms with Crippen molar-refractivity contribution in [1.29, 1.82) is 0 Å². The number of aromatic carboxylic acids is 1. The number of carboxylic acid groups (broad SMARTS) is 1. The molecule has 1 unspecified atom stereocenters. The van der Waals surface area contributed by atoms with Gasteiger partial charge in [-0.2, -0.15) is 0 Å². The van der Waals surface area contributed by atoms with E-state index in [9.17, 15) is 4.79 Å². The van der Waals surface area contributed by atoms with E-state index in [1.165, 1.54) is 0 Å². The molecular formula is C12H13NO2. The van der Waals surface area contributed by atoms with Crippen LogP contribution in [-0.4, -0.2) is 17.1 Å². The Morgan fingerprint density at radius 2 is 2.40 bits per heavy atom. The van der Waals surface area contributed by atoms with Gasteiger partial charge in [0.2, 0.25) is 0 Å². The molecule has 0 bridgehead atoms. The summed E-state index contributed by atoms with van der Waals surface area (Å²) in [5.41, 5.74) is 1.05. The Morgan fingerprint density at radius 1 is 1.67 bits per heavy atom. The first-order chi connectivity index (χ1) is 7.13. The number of carbonyl (C=O) groups is 1. The Kier molecular flexibility index (Phi) is 3.75. The maximum absolute atomic E-state index is 10.7. The molecular weight excluding hydrogens is 190 g/mol. The van der Waals surface area contributed by atoms with Gasteiger partial charge in [0.1, 0.15) is 0 Å². The summed E-state index contributed by atoms with van der Waals surface area (Å²) >= 11 is 0. The fourth-order valence-electron chi connectivity index (χ4n) is 1.25. The normalized spacial score (nSPS) is 11.5. The van der Waals surface area contributed by atoms with Crippen molar-refractivity contribution in [2.45, 2.75) is 19.4 Å². The van der Waals surface area contributed by atoms with Gasteiger partial charge < -0.3 is 10.4 Å². The predicted molar refractivity (Wildman–Crippen MR) is 59.9 cm³/mol. The quantitative estimate of drug-likeness (QED) is 0.737. The number of nitrogens with one attached hydrogen (secondary N) is 1. The highest BCUT2D eigenvalue weighted by Crippen LogP contribution is 2.12. The zero-order valence-electron chi connectivity index (χ0n) is 8.53. The second kappa shape index (κ2) is 5.06. The molecule has 0 saturated heterocycles. The standard InChI is InChI=1S/C12H13NO2/c1-3-5-9(2)13-11-7-4-6-10(8-11)12(14)15/h1,4,6-9,13H,5H2,2H3,(H,14,15). The minimum absolute atomic E-state index is 0.138. The van der Waals surface area contributed by atoms with Crippen LogP contribution in [0.3, 0.4) is 0 Å². The summed E-state index contributed by atoms with van der Waals surface area (Å²) in [5, 5.41) is 11.9. The van der Waals surface area contributed by atoms with Crippen LogP contribution in [0.5, 0.6) is 0 Å². The van der Waals surface area contributed by atoms with Gasteiger partial charge in [0, 0.05) is 18.2 Å². The molecule has 0 saturated carbocycles. The molecule has 15 heavy (non-hydrogen) atoms. The molecule has 1 atom stereocenters. The van der Waals surface area contributed by atoms with E-state index >= 15 is 0 Å². The topological polar surface area (TPSA) is 49.3 Å². The Bertz CT molecular complexity index is 393. The van der Waals surface area contributed by atoms with E-state index in [4.69, 9.17) is 11.5 Å². The summed E-state index contributed by atoms with van der Waals surface area (Å²) in [6.45, 7) is 1.95. The van der Waals surface area contributed by atoms with Crippen molar-refractivity contribution < 1.29 is 9.90 Å². The number of hydrogen-bond acceptors (Lipinski definition) is 2. The van der Waals surface area contributed by atoms with Crippen LogP contribution in [0.15, 0.2) is 24.3 Å². The van der Waals surface area contributed by atoms with Crippen molar-refractivity contribution in [3.63, 3.8) is 0 Å². The molecule has 3 heteroatoms. The van der Waals surface area contributed by atoms with E-state index in [1.807, 2.05) is 13.0 Å². The maximum Gasteiger partial charge on any atom is 0.335 e. The average Bonchev–Trinajstić information content (AvgIpc) is 2.18. The minimum atomic E-state index is -0.928. The summed E-state index contributed by atoms with van der Waals surface area (Å²) in [5.74, 6) is 1.62. The molecule has 78 valence electrons. The summed E-state index contributed by atoms with van der Waals surface area (Å²) in [6, 6.07) is 6.81. The highest BCUT2D eigenvalue weighted by atomic mass is 16.4. The van der Waals surface area contributed by atoms with Crippen molar-refractivity contribution in [3.05, 3.63) is 29.8 Å². The lowest BCUT2D eigenvalue weighted by molar-refractivity contribution is 0.0697. The first-order valence-corrected chi connectivity index (χ1v) is 4.67. The van der Waals surface area contributed by atoms with Gasteiger partial charge in [-0.3, -0.25) is 0 Å². The second-order valence-electron chi connectivity index (χ2n) is 3.34. The summed E-state index contributed by atoms with van der Waals surface area (Å²) in [7, 11) is 0. The Labute approximate surface area is 89.1 Å². The third-order valence-corrected chi connectivity index (χ3v) is 1.95. The van der Waals surface area contributed by atoms with Gasteiger partial charge in [-0.1, -0.05) is 6.07 Å². The zero-order chi connectivity index (χ0) is 11.3. The molecule has 0 amide bonds. The molecule has 1 aromatic carbocycles. The van der Waals surface area contributed by atoms with Crippen LogP contribution >= 0.6 is 0 Å². The summed E-state index contributed by atoms with van der Waals surface area (Å²) in [4.78, 5) is 10.7. The fraction of sp³-hybridized carbons (Fsp3) is 0.250. The molecule has 1 aromatic rings. The first-order valence-electron chi connectivity index (χ1n) is 4.67. The van der Waals surface area contributed by atoms with E-state index in [2.05, 4.69) is 11.2 Å². The predicted octanol–water partition coefficient (Wildman–Crippen LogP) is 2.21. The highest BCUT2D eigenvalue weighted by molar-refractivity contribution is 5.88. The third-order valence-electron chi connectivity index (χ3n) is 1.95. The number of hydrogen-bond donors (Lipinski definition) is 2. The molecule has 0 fully saturated rings. The molecule has 0 aliphatic rings. The van der Waals surface area contributed by atoms with E-state index in [0.717, 1.165) is 5.69 Å². The lowest BCUT2D eigenvalue weighted by Crippen LogP contribution is -2.14. The average molecular weight is 203 g/mol. The summed E-state index contributed by atoms with van der Waals surface area (Å²) < 4.78 is 0. The Balaban J connectivity index is 2.74. The van der Waals surface area contributed by atoms with E-state index in [0.29, 0.717) is 6.42 Å². The van der Waals surface area contributed by atoms with Crippen molar-refractivity contribution in [3.8, 4) is 12.3 Å². The molecule has 0 aliphatic heterocycles. The van der Waals surface area contributed by atoms with Crippen LogP contribution in [0.1, 0.15) is 23.7 Å². The molecule has 0 spiro atoms. The lowest BCUT2D eigenvalue weighted by atomic mass is 10.1. The number of terminal acetylenes is 1. The third kappa shape index (κ3) is 3.35. The van der Waals surface area contributed by atoms with Gasteiger partial charge >= 0.3 is 5.97 Å². The lowest BCUT2D eigenvalue weighted by Gasteiger charge is -2.12. The molecule has 0 aliphatic carbocycles. The SMILES string of the molecule is C#CCC(C)Nc1cccc(C(=O)O)c1. The largest absolute Gasteiger partial charge is 0.478 e. The van der Waals surface area contributed by atoms with E-state index in [1.54, 1.807) is 18.2 Å². The molecule has 1 rings (SSSR count). The first kappa shape index (κ1) is 11.1. The Morgan fingerprint density at radius 3 is 3.00 bits per heavy atom. The number of rotatable bonds is 4. The van der Waals surface area contributed by atoms with Gasteiger partial charge in [-0.15, -0.1) is 12.3 Å². The van der Waals surface area contributed by atoms with E-state index < -0.39 is 5.97 Å². The molecule has 0 radical (unpaired) electrons. The monoisotopic (exact) mass is 203 g/mol. The molecule has 0 heterocycles. The maximum atomic E-state index is 10.7. The summed E-state index contributed by atoms with van der Waals surface area (Å²) in [6.07, 6.45) is 5.79. The number of benzene rings is 1. The van der Waals surface area contributed by atoms with Gasteiger partial charge in [0.15, 0.2) is 0 Å². The number of carboxylic acids is 1. The van der Waals surface area contributed by atoms with Gasteiger partial charge in [-0.05, 0) is 25.1 Å². The molecule has 3 nitrogen and oxygen atoms in total. The van der Waals surface area contributed by atoms with Crippen molar-refractivity contribution in [1.82, 2.24) is 0 Å². The smallest absolute Gasteiger partial charge is 0.335 e. The van der Waals surface area contributed by atoms with Gasteiger partial charge in [-0.25, -0.2) is 4.79 Å². The minimum Gasteiger partial charge on any atom is -0.478 e. The Hall–Kier alpha value is -1.95. The van der Waals surface area contributed by atoms with Crippen molar-refractivity contribution in [2.75, 3.05) is 5.32 Å². The van der Waals surface area contributed by atoms with Crippen molar-refractivity contribution >= 4 is 11.7 Å². The second-order valence-corrected chi connectivity index (χ2v) is 3.34. The van der Waals surface area contributed by atoms with Crippen LogP contribution < -0.4 is 5.32 Å². The van der Waals surface area contributed by atoms with Gasteiger partial charge in [0.05, 0.1) is 5.56 Å². The van der Waals surface area contributed by atoms with Crippen molar-refractivity contribution in [2.24, 2.45) is 0 Å². The van der Waals surface area contributed by atoms with Crippen LogP contribution in [0.4, 0.5) is 5.69 Å². The molecule has 0 aromatic heterocycles. The van der Waals surface area contributed by atoms with E-state index in [-0.39, 0.29) is 11.6 Å². The highest BCUT2D eigenvalue weighted by Gasteiger charge is 2.04. The fourth-order valence-corrected chi connectivity index (χ4v) is 1.25. The van der Waals surface area contributed by atoms with Crippen LogP contribution in [0.25, 0.3) is 0 Å². The molecule has 2 N–H and O–H groups in total. The van der Waals surface area contributed by atoms with Crippen LogP contribution in [-0.2, 0) is 0 Å².